The van der Waals surface area contributed by atoms with E-state index in [2.05, 4.69) is 5.32 Å². The maximum atomic E-state index is 12.4. The molecule has 0 aliphatic heterocycles. The van der Waals surface area contributed by atoms with E-state index in [1.165, 1.54) is 6.07 Å². The Labute approximate surface area is 145 Å². The lowest BCUT2D eigenvalue weighted by Crippen LogP contribution is -2.58. The van der Waals surface area contributed by atoms with Crippen molar-refractivity contribution in [2.75, 3.05) is 12.4 Å². The van der Waals surface area contributed by atoms with E-state index in [0.717, 1.165) is 37.4 Å². The summed E-state index contributed by atoms with van der Waals surface area (Å²) in [5.41, 5.74) is -1.07. The summed E-state index contributed by atoms with van der Waals surface area (Å²) in [5, 5.41) is 22.7. The lowest BCUT2D eigenvalue weighted by atomic mass is 9.85. The van der Waals surface area contributed by atoms with Gasteiger partial charge >= 0.3 is 17.4 Å². The van der Waals surface area contributed by atoms with Gasteiger partial charge in [0.15, 0.2) is 0 Å². The number of aliphatic carboxylic acids is 2. The highest BCUT2D eigenvalue weighted by Gasteiger charge is 2.60. The molecule has 0 fully saturated rings. The van der Waals surface area contributed by atoms with E-state index in [0.29, 0.717) is 0 Å². The molecule has 8 heteroatoms. The van der Waals surface area contributed by atoms with Gasteiger partial charge in [0.2, 0.25) is 0 Å². The van der Waals surface area contributed by atoms with Crippen molar-refractivity contribution in [2.45, 2.75) is 33.1 Å². The van der Waals surface area contributed by atoms with Crippen molar-refractivity contribution in [3.05, 3.63) is 29.3 Å². The number of benzene rings is 1. The minimum atomic E-state index is -3.26. The maximum absolute atomic E-state index is 12.4. The van der Waals surface area contributed by atoms with Crippen molar-refractivity contribution in [1.82, 2.24) is 5.32 Å². The number of carbonyl (C=O) groups is 4. The number of rotatable bonds is 8. The molecule has 8 nitrogen and oxygen atoms in total. The molecular formula is C17H22N2O6. The predicted octanol–water partition coefficient (Wildman–Crippen LogP) is 1.18. The zero-order valence-electron chi connectivity index (χ0n) is 14.4. The number of carbonyl (C=O) groups excluding carboxylic acids is 2. The quantitative estimate of drug-likeness (QED) is 0.520. The fourth-order valence-corrected chi connectivity index (χ4v) is 2.38. The Bertz CT molecular complexity index is 684. The fraction of sp³-hybridized carbons (Fsp3) is 0.412. The second-order valence-corrected chi connectivity index (χ2v) is 5.64. The Morgan fingerprint density at radius 3 is 2.16 bits per heavy atom. The van der Waals surface area contributed by atoms with Crippen LogP contribution < -0.4 is 10.6 Å². The number of carboxylic acids is 2. The van der Waals surface area contributed by atoms with Crippen LogP contribution in [0, 0.1) is 12.3 Å². The summed E-state index contributed by atoms with van der Waals surface area (Å²) < 4.78 is 0. The van der Waals surface area contributed by atoms with Crippen molar-refractivity contribution in [2.24, 2.45) is 5.41 Å². The van der Waals surface area contributed by atoms with E-state index in [9.17, 15) is 29.4 Å². The molecular weight excluding hydrogens is 328 g/mol. The Kier molecular flexibility index (Phi) is 6.67. The predicted molar refractivity (Wildman–Crippen MR) is 90.2 cm³/mol. The molecule has 0 aliphatic carbocycles. The number of amides is 2. The number of carboxylic acid groups (broad SMARTS) is 2. The van der Waals surface area contributed by atoms with Crippen molar-refractivity contribution in [1.29, 1.82) is 0 Å². The summed E-state index contributed by atoms with van der Waals surface area (Å²) in [7, 11) is 1.06. The first-order valence-corrected chi connectivity index (χ1v) is 7.81. The van der Waals surface area contributed by atoms with Crippen molar-refractivity contribution in [3.63, 3.8) is 0 Å². The summed E-state index contributed by atoms with van der Waals surface area (Å²) in [6.45, 7) is 3.94. The third-order valence-corrected chi connectivity index (χ3v) is 3.96. The van der Waals surface area contributed by atoms with E-state index in [1.807, 2.05) is 19.2 Å². The minimum absolute atomic E-state index is 0.234. The lowest BCUT2D eigenvalue weighted by molar-refractivity contribution is -0.170. The van der Waals surface area contributed by atoms with Crippen molar-refractivity contribution >= 4 is 29.4 Å². The summed E-state index contributed by atoms with van der Waals surface area (Å²) in [5.74, 6) is -6.98. The maximum Gasteiger partial charge on any atom is 0.340 e. The van der Waals surface area contributed by atoms with Crippen molar-refractivity contribution in [3.8, 4) is 0 Å². The number of anilines is 1. The molecule has 0 heterocycles. The number of nitrogens with one attached hydrogen (secondary N) is 2. The molecule has 25 heavy (non-hydrogen) atoms. The van der Waals surface area contributed by atoms with E-state index in [1.54, 1.807) is 12.1 Å². The van der Waals surface area contributed by atoms with Gasteiger partial charge in [0.25, 0.3) is 11.8 Å². The monoisotopic (exact) mass is 350 g/mol. The summed E-state index contributed by atoms with van der Waals surface area (Å²) in [6.07, 6.45) is 2.68. The molecule has 1 rings (SSSR count). The first-order chi connectivity index (χ1) is 11.7. The summed E-state index contributed by atoms with van der Waals surface area (Å²) in [6, 6.07) is 4.92. The van der Waals surface area contributed by atoms with E-state index < -0.39 is 29.2 Å². The average Bonchev–Trinajstić information content (AvgIpc) is 2.54. The molecule has 0 atom stereocenters. The highest BCUT2D eigenvalue weighted by Crippen LogP contribution is 2.24. The van der Waals surface area contributed by atoms with Gasteiger partial charge in [-0.25, -0.2) is 9.59 Å². The number of hydrogen-bond donors (Lipinski definition) is 4. The molecule has 1 aromatic rings. The first kappa shape index (κ1) is 20.1. The van der Waals surface area contributed by atoms with Crippen LogP contribution in [-0.4, -0.2) is 41.0 Å². The third-order valence-electron chi connectivity index (χ3n) is 3.96. The van der Waals surface area contributed by atoms with E-state index in [4.69, 9.17) is 0 Å². The van der Waals surface area contributed by atoms with Crippen LogP contribution >= 0.6 is 0 Å². The van der Waals surface area contributed by atoms with Crippen molar-refractivity contribution < 1.29 is 29.4 Å². The van der Waals surface area contributed by atoms with Gasteiger partial charge in [-0.2, -0.15) is 0 Å². The van der Waals surface area contributed by atoms with E-state index >= 15 is 0 Å². The molecule has 136 valence electrons. The van der Waals surface area contributed by atoms with Crippen LogP contribution in [0.2, 0.25) is 0 Å². The van der Waals surface area contributed by atoms with Crippen LogP contribution in [0.15, 0.2) is 18.2 Å². The number of hydrogen-bond acceptors (Lipinski definition) is 4. The molecule has 0 aliphatic rings. The van der Waals surface area contributed by atoms with Gasteiger partial charge in [-0.3, -0.25) is 9.59 Å². The second kappa shape index (κ2) is 8.27. The molecule has 0 radical (unpaired) electrons. The number of aryl methyl sites for hydroxylation is 2. The normalized spacial score (nSPS) is 10.8. The second-order valence-electron chi connectivity index (χ2n) is 5.64. The Morgan fingerprint density at radius 2 is 1.68 bits per heavy atom. The van der Waals surface area contributed by atoms with Gasteiger partial charge in [-0.15, -0.1) is 0 Å². The molecule has 1 aromatic carbocycles. The molecule has 0 saturated carbocycles. The highest BCUT2D eigenvalue weighted by molar-refractivity contribution is 6.36. The molecule has 0 unspecified atom stereocenters. The van der Waals surface area contributed by atoms with Gasteiger partial charge in [0, 0.05) is 12.7 Å². The van der Waals surface area contributed by atoms with Gasteiger partial charge < -0.3 is 20.8 Å². The summed E-state index contributed by atoms with van der Waals surface area (Å²) in [4.78, 5) is 47.2. The standard InChI is InChI=1S/C17H22N2O6/c1-4-5-6-11-9-12(8-7-10(11)2)19-14(21)17(15(22)23,16(24)25)13(20)18-3/h7-9H,4-6H2,1-3H3,(H,18,20)(H,19,21)(H,22,23)(H,24,25). The summed E-state index contributed by atoms with van der Waals surface area (Å²) >= 11 is 0. The Hall–Kier alpha value is -2.90. The van der Waals surface area contributed by atoms with Crippen LogP contribution in [0.25, 0.3) is 0 Å². The zero-order chi connectivity index (χ0) is 19.2. The molecule has 0 spiro atoms. The van der Waals surface area contributed by atoms with Crippen LogP contribution in [0.4, 0.5) is 5.69 Å². The van der Waals surface area contributed by atoms with Crippen LogP contribution in [0.5, 0.6) is 0 Å². The van der Waals surface area contributed by atoms with Crippen LogP contribution in [0.1, 0.15) is 30.9 Å². The smallest absolute Gasteiger partial charge is 0.340 e. The highest BCUT2D eigenvalue weighted by atomic mass is 16.4. The van der Waals surface area contributed by atoms with E-state index in [-0.39, 0.29) is 5.69 Å². The molecule has 0 saturated heterocycles. The number of unbranched alkanes of at least 4 members (excludes halogenated alkanes) is 1. The van der Waals surface area contributed by atoms with Gasteiger partial charge in [-0.05, 0) is 43.0 Å². The third kappa shape index (κ3) is 3.96. The first-order valence-electron chi connectivity index (χ1n) is 7.81. The lowest BCUT2D eigenvalue weighted by Gasteiger charge is -2.22. The molecule has 0 bridgehead atoms. The Morgan fingerprint density at radius 1 is 1.08 bits per heavy atom. The largest absolute Gasteiger partial charge is 0.480 e. The van der Waals surface area contributed by atoms with Gasteiger partial charge in [0.1, 0.15) is 0 Å². The SMILES string of the molecule is CCCCc1cc(NC(=O)C(C(=O)O)(C(=O)O)C(=O)NC)ccc1C. The fourth-order valence-electron chi connectivity index (χ4n) is 2.38. The van der Waals surface area contributed by atoms with Gasteiger partial charge in [-0.1, -0.05) is 19.4 Å². The molecule has 2 amide bonds. The van der Waals surface area contributed by atoms with Crippen LogP contribution in [0.3, 0.4) is 0 Å². The van der Waals surface area contributed by atoms with Crippen LogP contribution in [-0.2, 0) is 25.6 Å². The Balaban J connectivity index is 3.23. The zero-order valence-corrected chi connectivity index (χ0v) is 14.4. The molecule has 4 N–H and O–H groups in total. The minimum Gasteiger partial charge on any atom is -0.480 e. The average molecular weight is 350 g/mol. The topological polar surface area (TPSA) is 133 Å². The van der Waals surface area contributed by atoms with Gasteiger partial charge in [0.05, 0.1) is 0 Å². The molecule has 0 aromatic heterocycles.